The van der Waals surface area contributed by atoms with Crippen LogP contribution in [0.25, 0.3) is 5.69 Å². The van der Waals surface area contributed by atoms with E-state index in [-0.39, 0.29) is 6.04 Å². The normalized spacial score (nSPS) is 19.4. The molecule has 0 spiro atoms. The van der Waals surface area contributed by atoms with Gasteiger partial charge in [0.1, 0.15) is 0 Å². The number of hydrogen-bond acceptors (Lipinski definition) is 3. The van der Waals surface area contributed by atoms with E-state index in [9.17, 15) is 0 Å². The smallest absolute Gasteiger partial charge is 0.0914 e. The standard InChI is InChI=1S/C24H28N4/c1-16(2)14-27-15-20-6-4-5-7-21(20)28-24(22(25-26-28)18-12-13-18)23(27)19-10-8-17(3)9-11-19/h4-11,16,18,23H,12-15H2,1-3H3. The first-order valence-electron chi connectivity index (χ1n) is 10.5. The first-order valence-corrected chi connectivity index (χ1v) is 10.5. The van der Waals surface area contributed by atoms with Gasteiger partial charge < -0.3 is 0 Å². The summed E-state index contributed by atoms with van der Waals surface area (Å²) in [5.74, 6) is 1.16. The maximum atomic E-state index is 4.69. The fourth-order valence-corrected chi connectivity index (χ4v) is 4.47. The van der Waals surface area contributed by atoms with Gasteiger partial charge in [0.15, 0.2) is 0 Å². The monoisotopic (exact) mass is 372 g/mol. The number of hydrogen-bond donors (Lipinski definition) is 0. The summed E-state index contributed by atoms with van der Waals surface area (Å²) in [6.07, 6.45) is 2.47. The van der Waals surface area contributed by atoms with Gasteiger partial charge in [-0.25, -0.2) is 4.68 Å². The molecule has 1 aliphatic heterocycles. The molecule has 2 aromatic carbocycles. The molecule has 2 aliphatic rings. The van der Waals surface area contributed by atoms with Crippen LogP contribution in [0.15, 0.2) is 48.5 Å². The molecular formula is C24H28N4. The van der Waals surface area contributed by atoms with E-state index in [0.29, 0.717) is 11.8 Å². The van der Waals surface area contributed by atoms with Crippen LogP contribution >= 0.6 is 0 Å². The lowest BCUT2D eigenvalue weighted by Crippen LogP contribution is -2.32. The SMILES string of the molecule is Cc1ccc(C2c3c(C4CC4)nnn3-c3ccccc3CN2CC(C)C)cc1. The Hall–Kier alpha value is -2.46. The lowest BCUT2D eigenvalue weighted by Gasteiger charge is -2.32. The predicted octanol–water partition coefficient (Wildman–Crippen LogP) is 5.01. The molecule has 1 aliphatic carbocycles. The van der Waals surface area contributed by atoms with Gasteiger partial charge in [0.2, 0.25) is 0 Å². The summed E-state index contributed by atoms with van der Waals surface area (Å²) in [5, 5.41) is 9.36. The minimum absolute atomic E-state index is 0.181. The molecule has 144 valence electrons. The van der Waals surface area contributed by atoms with Crippen molar-refractivity contribution in [2.45, 2.75) is 52.1 Å². The second-order valence-electron chi connectivity index (χ2n) is 8.81. The van der Waals surface area contributed by atoms with Gasteiger partial charge >= 0.3 is 0 Å². The van der Waals surface area contributed by atoms with E-state index in [2.05, 4.69) is 84.1 Å². The van der Waals surface area contributed by atoms with Crippen LogP contribution in [0.3, 0.4) is 0 Å². The second kappa shape index (κ2) is 6.85. The number of fused-ring (bicyclic) bond motifs is 3. The van der Waals surface area contributed by atoms with Crippen molar-refractivity contribution < 1.29 is 0 Å². The first-order chi connectivity index (χ1) is 13.6. The summed E-state index contributed by atoms with van der Waals surface area (Å²) < 4.78 is 2.13. The Morgan fingerprint density at radius 1 is 1.04 bits per heavy atom. The molecule has 2 heterocycles. The van der Waals surface area contributed by atoms with Gasteiger partial charge in [-0.2, -0.15) is 0 Å². The molecule has 1 atom stereocenters. The number of rotatable bonds is 4. The summed E-state index contributed by atoms with van der Waals surface area (Å²) >= 11 is 0. The Bertz CT molecular complexity index is 982. The van der Waals surface area contributed by atoms with Crippen LogP contribution in [0.2, 0.25) is 0 Å². The van der Waals surface area contributed by atoms with E-state index in [0.717, 1.165) is 13.1 Å². The van der Waals surface area contributed by atoms with Gasteiger partial charge in [-0.05, 0) is 42.9 Å². The number of nitrogens with zero attached hydrogens (tertiary/aromatic N) is 4. The zero-order valence-electron chi connectivity index (χ0n) is 17.0. The number of aryl methyl sites for hydroxylation is 1. The molecule has 5 rings (SSSR count). The lowest BCUT2D eigenvalue weighted by atomic mass is 9.97. The van der Waals surface area contributed by atoms with Crippen LogP contribution in [0.4, 0.5) is 0 Å². The van der Waals surface area contributed by atoms with Crippen molar-refractivity contribution in [1.82, 2.24) is 19.9 Å². The minimum atomic E-state index is 0.181. The topological polar surface area (TPSA) is 34.0 Å². The minimum Gasteiger partial charge on any atom is -0.286 e. The van der Waals surface area contributed by atoms with Crippen LogP contribution in [-0.2, 0) is 6.54 Å². The van der Waals surface area contributed by atoms with E-state index in [1.54, 1.807) is 0 Å². The van der Waals surface area contributed by atoms with Gasteiger partial charge in [0, 0.05) is 19.0 Å². The Morgan fingerprint density at radius 2 is 1.79 bits per heavy atom. The highest BCUT2D eigenvalue weighted by atomic mass is 15.5. The van der Waals surface area contributed by atoms with Gasteiger partial charge in [0.05, 0.1) is 23.1 Å². The Labute approximate surface area is 167 Å². The highest BCUT2D eigenvalue weighted by molar-refractivity contribution is 5.47. The Kier molecular flexibility index (Phi) is 4.31. The predicted molar refractivity (Wildman–Crippen MR) is 112 cm³/mol. The molecule has 0 bridgehead atoms. The summed E-state index contributed by atoms with van der Waals surface area (Å²) in [6.45, 7) is 8.74. The third kappa shape index (κ3) is 3.06. The molecule has 4 heteroatoms. The van der Waals surface area contributed by atoms with E-state index >= 15 is 0 Å². The first kappa shape index (κ1) is 17.6. The van der Waals surface area contributed by atoms with Crippen LogP contribution in [-0.4, -0.2) is 26.4 Å². The maximum absolute atomic E-state index is 4.69. The zero-order chi connectivity index (χ0) is 19.3. The van der Waals surface area contributed by atoms with Crippen molar-refractivity contribution in [2.24, 2.45) is 5.92 Å². The Morgan fingerprint density at radius 3 is 2.50 bits per heavy atom. The van der Waals surface area contributed by atoms with Crippen LogP contribution < -0.4 is 0 Å². The van der Waals surface area contributed by atoms with Gasteiger partial charge in [0.25, 0.3) is 0 Å². The van der Waals surface area contributed by atoms with Crippen molar-refractivity contribution >= 4 is 0 Å². The average molecular weight is 373 g/mol. The third-order valence-electron chi connectivity index (χ3n) is 5.91. The zero-order valence-corrected chi connectivity index (χ0v) is 17.0. The molecule has 28 heavy (non-hydrogen) atoms. The summed E-state index contributed by atoms with van der Waals surface area (Å²) in [6, 6.07) is 17.9. The van der Waals surface area contributed by atoms with E-state index in [1.165, 1.54) is 46.6 Å². The highest BCUT2D eigenvalue weighted by Gasteiger charge is 2.38. The molecule has 1 saturated carbocycles. The number of aromatic nitrogens is 3. The molecule has 4 nitrogen and oxygen atoms in total. The molecule has 0 radical (unpaired) electrons. The van der Waals surface area contributed by atoms with Crippen molar-refractivity contribution in [3.05, 3.63) is 76.6 Å². The van der Waals surface area contributed by atoms with Gasteiger partial charge in [-0.1, -0.05) is 67.1 Å². The Balaban J connectivity index is 1.74. The van der Waals surface area contributed by atoms with E-state index < -0.39 is 0 Å². The quantitative estimate of drug-likeness (QED) is 0.645. The van der Waals surface area contributed by atoms with Crippen molar-refractivity contribution in [1.29, 1.82) is 0 Å². The van der Waals surface area contributed by atoms with Crippen molar-refractivity contribution in [3.63, 3.8) is 0 Å². The molecule has 1 aromatic heterocycles. The third-order valence-corrected chi connectivity index (χ3v) is 5.91. The molecule has 0 amide bonds. The molecular weight excluding hydrogens is 344 g/mol. The van der Waals surface area contributed by atoms with E-state index in [4.69, 9.17) is 5.10 Å². The second-order valence-corrected chi connectivity index (χ2v) is 8.81. The number of benzene rings is 2. The summed E-state index contributed by atoms with van der Waals surface area (Å²) in [5.41, 5.74) is 7.62. The molecule has 0 N–H and O–H groups in total. The van der Waals surface area contributed by atoms with E-state index in [1.807, 2.05) is 0 Å². The van der Waals surface area contributed by atoms with Gasteiger partial charge in [-0.3, -0.25) is 4.90 Å². The van der Waals surface area contributed by atoms with Crippen molar-refractivity contribution in [3.8, 4) is 5.69 Å². The van der Waals surface area contributed by atoms with Crippen LogP contribution in [0.5, 0.6) is 0 Å². The fraction of sp³-hybridized carbons (Fsp3) is 0.417. The van der Waals surface area contributed by atoms with Crippen LogP contribution in [0.1, 0.15) is 66.7 Å². The molecule has 1 unspecified atom stereocenters. The maximum Gasteiger partial charge on any atom is 0.0914 e. The number of para-hydroxylation sites is 1. The summed E-state index contributed by atoms with van der Waals surface area (Å²) in [4.78, 5) is 2.63. The molecule has 1 fully saturated rings. The highest BCUT2D eigenvalue weighted by Crippen LogP contribution is 2.46. The van der Waals surface area contributed by atoms with Crippen molar-refractivity contribution in [2.75, 3.05) is 6.54 Å². The summed E-state index contributed by atoms with van der Waals surface area (Å²) in [7, 11) is 0. The fourth-order valence-electron chi connectivity index (χ4n) is 4.47. The lowest BCUT2D eigenvalue weighted by molar-refractivity contribution is 0.191. The van der Waals surface area contributed by atoms with Gasteiger partial charge in [-0.15, -0.1) is 5.10 Å². The average Bonchev–Trinajstić information content (AvgIpc) is 3.45. The molecule has 3 aromatic rings. The molecule has 0 saturated heterocycles. The largest absolute Gasteiger partial charge is 0.286 e. The van der Waals surface area contributed by atoms with Crippen LogP contribution in [0, 0.1) is 12.8 Å².